The summed E-state index contributed by atoms with van der Waals surface area (Å²) in [7, 11) is 0. The monoisotopic (exact) mass is 184 g/mol. The summed E-state index contributed by atoms with van der Waals surface area (Å²) in [5.41, 5.74) is 0.239. The van der Waals surface area contributed by atoms with Gasteiger partial charge in [0.1, 0.15) is 0 Å². The number of hydrogen-bond donors (Lipinski definition) is 0. The predicted molar refractivity (Wildman–Crippen MR) is 52.4 cm³/mol. The summed E-state index contributed by atoms with van der Waals surface area (Å²) in [5, 5.41) is 0. The molecular weight excluding hydrogens is 164 g/mol. The highest BCUT2D eigenvalue weighted by Crippen LogP contribution is 2.37. The van der Waals surface area contributed by atoms with Gasteiger partial charge in [-0.2, -0.15) is 0 Å². The minimum Gasteiger partial charge on any atom is -0.465 e. The minimum atomic E-state index is 0.0103. The van der Waals surface area contributed by atoms with Crippen molar-refractivity contribution in [3.63, 3.8) is 0 Å². The van der Waals surface area contributed by atoms with Crippen LogP contribution in [0.25, 0.3) is 0 Å². The van der Waals surface area contributed by atoms with E-state index in [1.807, 2.05) is 0 Å². The summed E-state index contributed by atoms with van der Waals surface area (Å²) < 4.78 is 5.21. The number of carbonyl (C=O) groups excluding carboxylic acids is 1. The van der Waals surface area contributed by atoms with Crippen LogP contribution in [-0.4, -0.2) is 12.6 Å². The summed E-state index contributed by atoms with van der Waals surface area (Å²) in [6.45, 7) is 7.09. The molecule has 1 aliphatic heterocycles. The first-order valence-corrected chi connectivity index (χ1v) is 5.28. The number of ether oxygens (including phenoxy) is 1. The lowest BCUT2D eigenvalue weighted by Gasteiger charge is -2.36. The summed E-state index contributed by atoms with van der Waals surface area (Å²) in [6, 6.07) is 0. The van der Waals surface area contributed by atoms with Crippen molar-refractivity contribution < 1.29 is 9.53 Å². The SMILES string of the molecule is CCCC1(C)COC(=O)C(CC)C1. The number of hydrogen-bond acceptors (Lipinski definition) is 2. The molecule has 1 saturated heterocycles. The van der Waals surface area contributed by atoms with Crippen LogP contribution in [0, 0.1) is 11.3 Å². The van der Waals surface area contributed by atoms with E-state index in [1.165, 1.54) is 6.42 Å². The van der Waals surface area contributed by atoms with Crippen LogP contribution >= 0.6 is 0 Å². The van der Waals surface area contributed by atoms with Crippen molar-refractivity contribution in [3.05, 3.63) is 0 Å². The summed E-state index contributed by atoms with van der Waals surface area (Å²) in [4.78, 5) is 11.3. The van der Waals surface area contributed by atoms with E-state index in [0.29, 0.717) is 6.61 Å². The van der Waals surface area contributed by atoms with Gasteiger partial charge in [0.25, 0.3) is 0 Å². The molecule has 0 bridgehead atoms. The minimum absolute atomic E-state index is 0.0103. The van der Waals surface area contributed by atoms with Crippen LogP contribution in [0.15, 0.2) is 0 Å². The van der Waals surface area contributed by atoms with Gasteiger partial charge in [0.2, 0.25) is 0 Å². The van der Waals surface area contributed by atoms with Crippen molar-refractivity contribution in [2.75, 3.05) is 6.61 Å². The molecule has 0 aliphatic carbocycles. The summed E-state index contributed by atoms with van der Waals surface area (Å²) in [6.07, 6.45) is 4.26. The summed E-state index contributed by atoms with van der Waals surface area (Å²) >= 11 is 0. The maximum Gasteiger partial charge on any atom is 0.308 e. The molecule has 0 amide bonds. The second kappa shape index (κ2) is 4.12. The molecule has 2 unspecified atom stereocenters. The van der Waals surface area contributed by atoms with Gasteiger partial charge in [-0.25, -0.2) is 0 Å². The first-order chi connectivity index (χ1) is 6.11. The highest BCUT2D eigenvalue weighted by Gasteiger charge is 2.36. The van der Waals surface area contributed by atoms with Gasteiger partial charge in [0.15, 0.2) is 0 Å². The molecule has 0 N–H and O–H groups in total. The quantitative estimate of drug-likeness (QED) is 0.630. The normalized spacial score (nSPS) is 34.4. The molecule has 1 heterocycles. The van der Waals surface area contributed by atoms with Gasteiger partial charge < -0.3 is 4.74 Å². The molecule has 1 rings (SSSR count). The second-order valence-corrected chi connectivity index (χ2v) is 4.48. The Hall–Kier alpha value is -0.530. The third-order valence-corrected chi connectivity index (χ3v) is 2.98. The van der Waals surface area contributed by atoms with E-state index in [1.54, 1.807) is 0 Å². The van der Waals surface area contributed by atoms with Crippen LogP contribution in [0.4, 0.5) is 0 Å². The van der Waals surface area contributed by atoms with E-state index in [9.17, 15) is 4.79 Å². The molecule has 1 aliphatic rings. The zero-order valence-electron chi connectivity index (χ0n) is 8.93. The fourth-order valence-electron chi connectivity index (χ4n) is 2.19. The number of esters is 1. The zero-order chi connectivity index (χ0) is 9.90. The van der Waals surface area contributed by atoms with Crippen LogP contribution in [0.2, 0.25) is 0 Å². The van der Waals surface area contributed by atoms with Gasteiger partial charge in [-0.1, -0.05) is 27.2 Å². The van der Waals surface area contributed by atoms with Crippen molar-refractivity contribution in [1.82, 2.24) is 0 Å². The van der Waals surface area contributed by atoms with E-state index >= 15 is 0 Å². The Bertz CT molecular complexity index is 189. The number of carbonyl (C=O) groups is 1. The molecule has 2 heteroatoms. The molecule has 0 radical (unpaired) electrons. The Labute approximate surface area is 80.7 Å². The Kier molecular flexibility index (Phi) is 3.34. The van der Waals surface area contributed by atoms with Crippen molar-refractivity contribution >= 4 is 5.97 Å². The average molecular weight is 184 g/mol. The van der Waals surface area contributed by atoms with Gasteiger partial charge in [0, 0.05) is 5.41 Å². The molecule has 76 valence electrons. The Morgan fingerprint density at radius 3 is 2.77 bits per heavy atom. The summed E-state index contributed by atoms with van der Waals surface area (Å²) in [5.74, 6) is 0.154. The van der Waals surface area contributed by atoms with E-state index in [-0.39, 0.29) is 17.3 Å². The van der Waals surface area contributed by atoms with Crippen LogP contribution < -0.4 is 0 Å². The molecular formula is C11H20O2. The second-order valence-electron chi connectivity index (χ2n) is 4.48. The van der Waals surface area contributed by atoms with Crippen molar-refractivity contribution in [1.29, 1.82) is 0 Å². The lowest BCUT2D eigenvalue weighted by molar-refractivity contribution is -0.161. The fourth-order valence-corrected chi connectivity index (χ4v) is 2.19. The van der Waals surface area contributed by atoms with Crippen LogP contribution in [0.3, 0.4) is 0 Å². The van der Waals surface area contributed by atoms with Gasteiger partial charge in [0.05, 0.1) is 12.5 Å². The van der Waals surface area contributed by atoms with Crippen molar-refractivity contribution in [3.8, 4) is 0 Å². The molecule has 0 aromatic rings. The topological polar surface area (TPSA) is 26.3 Å². The van der Waals surface area contributed by atoms with Gasteiger partial charge in [-0.05, 0) is 19.3 Å². The lowest BCUT2D eigenvalue weighted by atomic mass is 9.76. The van der Waals surface area contributed by atoms with Gasteiger partial charge in [-0.3, -0.25) is 4.79 Å². The fraction of sp³-hybridized carbons (Fsp3) is 0.909. The van der Waals surface area contributed by atoms with E-state index in [2.05, 4.69) is 20.8 Å². The van der Waals surface area contributed by atoms with Crippen LogP contribution in [0.5, 0.6) is 0 Å². The third-order valence-electron chi connectivity index (χ3n) is 2.98. The zero-order valence-corrected chi connectivity index (χ0v) is 8.93. The molecule has 13 heavy (non-hydrogen) atoms. The first kappa shape index (κ1) is 10.6. The van der Waals surface area contributed by atoms with Crippen molar-refractivity contribution in [2.45, 2.75) is 46.5 Å². The Morgan fingerprint density at radius 2 is 2.23 bits per heavy atom. The van der Waals surface area contributed by atoms with E-state index in [4.69, 9.17) is 4.74 Å². The van der Waals surface area contributed by atoms with Crippen molar-refractivity contribution in [2.24, 2.45) is 11.3 Å². The molecule has 0 spiro atoms. The predicted octanol–water partition coefficient (Wildman–Crippen LogP) is 2.77. The highest BCUT2D eigenvalue weighted by atomic mass is 16.5. The standard InChI is InChI=1S/C11H20O2/c1-4-6-11(3)7-9(5-2)10(12)13-8-11/h9H,4-8H2,1-3H3. The first-order valence-electron chi connectivity index (χ1n) is 5.28. The number of rotatable bonds is 3. The number of cyclic esters (lactones) is 1. The molecule has 0 saturated carbocycles. The molecule has 2 nitrogen and oxygen atoms in total. The van der Waals surface area contributed by atoms with Gasteiger partial charge in [-0.15, -0.1) is 0 Å². The Morgan fingerprint density at radius 1 is 1.54 bits per heavy atom. The largest absolute Gasteiger partial charge is 0.465 e. The van der Waals surface area contributed by atoms with Gasteiger partial charge >= 0.3 is 5.97 Å². The molecule has 0 aromatic carbocycles. The smallest absolute Gasteiger partial charge is 0.308 e. The molecule has 1 fully saturated rings. The highest BCUT2D eigenvalue weighted by molar-refractivity contribution is 5.73. The molecule has 2 atom stereocenters. The maximum absolute atomic E-state index is 11.3. The third kappa shape index (κ3) is 2.45. The van der Waals surface area contributed by atoms with Crippen LogP contribution in [-0.2, 0) is 9.53 Å². The van der Waals surface area contributed by atoms with E-state index in [0.717, 1.165) is 19.3 Å². The maximum atomic E-state index is 11.3. The lowest BCUT2D eigenvalue weighted by Crippen LogP contribution is -2.37. The van der Waals surface area contributed by atoms with Crippen LogP contribution in [0.1, 0.15) is 46.5 Å². The average Bonchev–Trinajstić information content (AvgIpc) is 2.10. The van der Waals surface area contributed by atoms with E-state index < -0.39 is 0 Å². The molecule has 0 aromatic heterocycles. The Balaban J connectivity index is 2.57.